The first-order valence-electron chi connectivity index (χ1n) is 11.7. The maximum absolute atomic E-state index is 13.7. The summed E-state index contributed by atoms with van der Waals surface area (Å²) in [5.41, 5.74) is 2.56. The van der Waals surface area contributed by atoms with Gasteiger partial charge in [0.2, 0.25) is 5.91 Å². The third-order valence-corrected chi connectivity index (χ3v) is 8.31. The molecule has 2 fully saturated rings. The van der Waals surface area contributed by atoms with Crippen LogP contribution in [0.5, 0.6) is 0 Å². The van der Waals surface area contributed by atoms with E-state index in [2.05, 4.69) is 53.4 Å². The molecule has 0 aliphatic carbocycles. The highest BCUT2D eigenvalue weighted by molar-refractivity contribution is 7.21. The van der Waals surface area contributed by atoms with Gasteiger partial charge < -0.3 is 9.80 Å². The van der Waals surface area contributed by atoms with Crippen molar-refractivity contribution in [2.24, 2.45) is 5.92 Å². The normalized spacial score (nSPS) is 19.6. The summed E-state index contributed by atoms with van der Waals surface area (Å²) in [4.78, 5) is 30.5. The molecule has 5 rings (SSSR count). The van der Waals surface area contributed by atoms with E-state index in [0.29, 0.717) is 5.92 Å². The van der Waals surface area contributed by atoms with Gasteiger partial charge in [0.1, 0.15) is 0 Å². The van der Waals surface area contributed by atoms with E-state index in [4.69, 9.17) is 0 Å². The van der Waals surface area contributed by atoms with Crippen LogP contribution in [0.1, 0.15) is 52.9 Å². The lowest BCUT2D eigenvalue weighted by molar-refractivity contribution is -0.127. The van der Waals surface area contributed by atoms with Gasteiger partial charge in [-0.1, -0.05) is 48.5 Å². The lowest BCUT2D eigenvalue weighted by Gasteiger charge is -2.32. The molecule has 166 valence electrons. The number of piperidine rings is 1. The van der Waals surface area contributed by atoms with E-state index >= 15 is 0 Å². The Morgan fingerprint density at radius 1 is 0.906 bits per heavy atom. The van der Waals surface area contributed by atoms with E-state index in [1.54, 1.807) is 18.3 Å². The Labute approximate surface area is 193 Å². The van der Waals surface area contributed by atoms with Gasteiger partial charge in [-0.3, -0.25) is 9.59 Å². The minimum absolute atomic E-state index is 0.125. The fourth-order valence-corrected chi connectivity index (χ4v) is 6.60. The fraction of sp³-hybridized carbons (Fsp3) is 0.407. The highest BCUT2D eigenvalue weighted by atomic mass is 32.1. The first kappa shape index (κ1) is 21.2. The van der Waals surface area contributed by atoms with Crippen molar-refractivity contribution in [3.05, 3.63) is 70.6 Å². The molecule has 2 aromatic carbocycles. The largest absolute Gasteiger partial charge is 0.342 e. The molecule has 2 aliphatic heterocycles. The Morgan fingerprint density at radius 2 is 1.59 bits per heavy atom. The fourth-order valence-electron chi connectivity index (χ4n) is 5.34. The number of benzene rings is 2. The highest BCUT2D eigenvalue weighted by Crippen LogP contribution is 2.41. The van der Waals surface area contributed by atoms with Gasteiger partial charge in [0.05, 0.1) is 4.88 Å². The molecule has 32 heavy (non-hydrogen) atoms. The molecule has 2 aliphatic rings. The number of carbonyl (C=O) groups excluding carboxylic acids is 2. The van der Waals surface area contributed by atoms with Crippen molar-refractivity contribution in [1.29, 1.82) is 0 Å². The molecular weight excluding hydrogens is 416 g/mol. The van der Waals surface area contributed by atoms with Crippen molar-refractivity contribution in [2.45, 2.75) is 38.5 Å². The van der Waals surface area contributed by atoms with Gasteiger partial charge >= 0.3 is 0 Å². The molecule has 2 amide bonds. The molecule has 0 radical (unpaired) electrons. The lowest BCUT2D eigenvalue weighted by atomic mass is 9.89. The summed E-state index contributed by atoms with van der Waals surface area (Å²) in [6, 6.07) is 19.0. The van der Waals surface area contributed by atoms with Crippen molar-refractivity contribution >= 4 is 33.2 Å². The quantitative estimate of drug-likeness (QED) is 0.543. The number of carbonyl (C=O) groups is 2. The molecule has 1 atom stereocenters. The zero-order valence-electron chi connectivity index (χ0n) is 18.6. The summed E-state index contributed by atoms with van der Waals surface area (Å²) in [6.45, 7) is 4.79. The zero-order valence-corrected chi connectivity index (χ0v) is 19.4. The molecule has 3 aromatic rings. The zero-order chi connectivity index (χ0) is 22.1. The number of rotatable bonds is 4. The molecule has 4 nitrogen and oxygen atoms in total. The second kappa shape index (κ2) is 9.07. The van der Waals surface area contributed by atoms with Crippen LogP contribution >= 0.6 is 11.3 Å². The number of likely N-dealkylation sites (tertiary alicyclic amines) is 2. The maximum Gasteiger partial charge on any atom is 0.264 e. The van der Waals surface area contributed by atoms with Gasteiger partial charge in [-0.2, -0.15) is 0 Å². The van der Waals surface area contributed by atoms with Crippen molar-refractivity contribution in [2.75, 3.05) is 26.2 Å². The topological polar surface area (TPSA) is 40.6 Å². The second-order valence-corrected chi connectivity index (χ2v) is 10.3. The van der Waals surface area contributed by atoms with Crippen LogP contribution in [-0.2, 0) is 11.2 Å². The second-order valence-electron chi connectivity index (χ2n) is 9.22. The van der Waals surface area contributed by atoms with Crippen LogP contribution in [0, 0.1) is 5.92 Å². The van der Waals surface area contributed by atoms with Gasteiger partial charge in [-0.15, -0.1) is 11.3 Å². The average molecular weight is 447 g/mol. The number of hydrogen-bond acceptors (Lipinski definition) is 3. The van der Waals surface area contributed by atoms with E-state index in [9.17, 15) is 9.59 Å². The minimum Gasteiger partial charge on any atom is -0.342 e. The van der Waals surface area contributed by atoms with Crippen molar-refractivity contribution in [1.82, 2.24) is 9.80 Å². The number of hydrogen-bond donors (Lipinski definition) is 0. The standard InChI is InChI=1S/C27H30N2O2S/c1-19(30)29-16-13-22(18-29)25-23-9-5-6-10-24(23)32-26(25)27(31)28-14-11-21(12-15-28)17-20-7-3-2-4-8-20/h2-10,21-22H,11-18H2,1H3/t22-/m1/s1. The summed E-state index contributed by atoms with van der Waals surface area (Å²) in [5, 5.41) is 1.19. The van der Waals surface area contributed by atoms with Crippen LogP contribution < -0.4 is 0 Å². The van der Waals surface area contributed by atoms with Crippen molar-refractivity contribution < 1.29 is 9.59 Å². The SMILES string of the molecule is CC(=O)N1CC[C@@H](c2c(C(=O)N3CCC(Cc4ccccc4)CC3)sc3ccccc23)C1. The van der Waals surface area contributed by atoms with Crippen LogP contribution in [0.15, 0.2) is 54.6 Å². The van der Waals surface area contributed by atoms with Crippen LogP contribution in [0.3, 0.4) is 0 Å². The summed E-state index contributed by atoms with van der Waals surface area (Å²) >= 11 is 1.63. The Kier molecular flexibility index (Phi) is 6.01. The summed E-state index contributed by atoms with van der Waals surface area (Å²) in [5.74, 6) is 1.19. The Balaban J connectivity index is 1.34. The van der Waals surface area contributed by atoms with Crippen LogP contribution in [0.4, 0.5) is 0 Å². The van der Waals surface area contributed by atoms with Crippen LogP contribution in [0.2, 0.25) is 0 Å². The molecule has 1 aromatic heterocycles. The predicted molar refractivity (Wildman–Crippen MR) is 130 cm³/mol. The molecule has 0 unspecified atom stereocenters. The Morgan fingerprint density at radius 3 is 2.31 bits per heavy atom. The van der Waals surface area contributed by atoms with Crippen LogP contribution in [-0.4, -0.2) is 47.8 Å². The van der Waals surface area contributed by atoms with Crippen LogP contribution in [0.25, 0.3) is 10.1 Å². The number of thiophene rings is 1. The van der Waals surface area contributed by atoms with Gasteiger partial charge in [0.25, 0.3) is 5.91 Å². The number of amides is 2. The maximum atomic E-state index is 13.7. The summed E-state index contributed by atoms with van der Waals surface area (Å²) in [6.07, 6.45) is 4.14. The van der Waals surface area contributed by atoms with E-state index in [-0.39, 0.29) is 17.7 Å². The molecule has 2 saturated heterocycles. The number of nitrogens with zero attached hydrogens (tertiary/aromatic N) is 2. The smallest absolute Gasteiger partial charge is 0.264 e. The average Bonchev–Trinajstić information content (AvgIpc) is 3.45. The molecule has 0 N–H and O–H groups in total. The van der Waals surface area contributed by atoms with E-state index in [1.807, 2.05) is 11.0 Å². The Hall–Kier alpha value is -2.66. The lowest BCUT2D eigenvalue weighted by Crippen LogP contribution is -2.39. The summed E-state index contributed by atoms with van der Waals surface area (Å²) in [7, 11) is 0. The van der Waals surface area contributed by atoms with Gasteiger partial charge in [0.15, 0.2) is 0 Å². The summed E-state index contributed by atoms with van der Waals surface area (Å²) < 4.78 is 1.17. The van der Waals surface area contributed by atoms with E-state index < -0.39 is 0 Å². The highest BCUT2D eigenvalue weighted by Gasteiger charge is 2.33. The van der Waals surface area contributed by atoms with Crippen molar-refractivity contribution in [3.8, 4) is 0 Å². The molecule has 5 heteroatoms. The molecule has 0 bridgehead atoms. The first-order chi connectivity index (χ1) is 15.6. The van der Waals surface area contributed by atoms with Crippen molar-refractivity contribution in [3.63, 3.8) is 0 Å². The monoisotopic (exact) mass is 446 g/mol. The third kappa shape index (κ3) is 4.18. The molecule has 0 saturated carbocycles. The van der Waals surface area contributed by atoms with E-state index in [0.717, 1.165) is 56.7 Å². The third-order valence-electron chi connectivity index (χ3n) is 7.14. The van der Waals surface area contributed by atoms with Gasteiger partial charge in [-0.25, -0.2) is 0 Å². The van der Waals surface area contributed by atoms with Gasteiger partial charge in [-0.05, 0) is 54.2 Å². The van der Waals surface area contributed by atoms with E-state index in [1.165, 1.54) is 21.2 Å². The predicted octanol–water partition coefficient (Wildman–Crippen LogP) is 5.33. The minimum atomic E-state index is 0.125. The first-order valence-corrected chi connectivity index (χ1v) is 12.5. The molecular formula is C27H30N2O2S. The Bertz CT molecular complexity index is 1120. The molecule has 0 spiro atoms. The molecule has 3 heterocycles. The number of fused-ring (bicyclic) bond motifs is 1. The van der Waals surface area contributed by atoms with Gasteiger partial charge in [0, 0.05) is 43.7 Å².